The Kier molecular flexibility index (Phi) is 53.8. The van der Waals surface area contributed by atoms with Crippen LogP contribution in [0.3, 0.4) is 0 Å². The van der Waals surface area contributed by atoms with E-state index in [1.807, 2.05) is 0 Å². The largest absolute Gasteiger partial charge is 0.483 e. The fourth-order valence-corrected chi connectivity index (χ4v) is 15.6. The second kappa shape index (κ2) is 58.1. The molecule has 3 aliphatic rings. The molecule has 17 atom stereocenters. The zero-order chi connectivity index (χ0) is 89.3. The van der Waals surface area contributed by atoms with Gasteiger partial charge in [-0.3, -0.25) is 47.4 Å². The summed E-state index contributed by atoms with van der Waals surface area (Å²) in [7, 11) is -11.5. The summed E-state index contributed by atoms with van der Waals surface area (Å²) >= 11 is 0. The molecule has 121 heavy (non-hydrogen) atoms. The number of phosphoric acid groups is 2. The lowest BCUT2D eigenvalue weighted by Crippen LogP contribution is -2.68. The van der Waals surface area contributed by atoms with Crippen LogP contribution in [0.4, 0.5) is 0 Å². The quantitative estimate of drug-likeness (QED) is 0.0190. The van der Waals surface area contributed by atoms with E-state index < -0.39 is 169 Å². The molecule has 2 unspecified atom stereocenters. The zero-order valence-electron chi connectivity index (χ0n) is 75.9. The Balaban J connectivity index is 0.0000366. The number of allylic oxidation sites excluding steroid dienone is 21. The van der Waals surface area contributed by atoms with Gasteiger partial charge in [-0.2, -0.15) is 4.31 Å². The van der Waals surface area contributed by atoms with E-state index in [1.54, 1.807) is 6.92 Å². The fourth-order valence-electron chi connectivity index (χ4n) is 13.5. The molecule has 32 heteroatoms. The summed E-state index contributed by atoms with van der Waals surface area (Å²) in [5, 5.41) is 0. The van der Waals surface area contributed by atoms with Gasteiger partial charge in [-0.15, -0.1) is 0 Å². The van der Waals surface area contributed by atoms with Crippen molar-refractivity contribution in [2.45, 2.75) is 373 Å². The van der Waals surface area contributed by atoms with Gasteiger partial charge in [-0.05, 0) is 225 Å². The van der Waals surface area contributed by atoms with Crippen LogP contribution in [-0.2, 0) is 122 Å². The minimum absolute atomic E-state index is 0. The van der Waals surface area contributed by atoms with Crippen LogP contribution in [0, 0.1) is 0 Å². The molecule has 3 fully saturated rings. The van der Waals surface area contributed by atoms with Crippen LogP contribution < -0.4 is 12.3 Å². The van der Waals surface area contributed by atoms with Gasteiger partial charge < -0.3 is 83.7 Å². The van der Waals surface area contributed by atoms with Crippen molar-refractivity contribution in [3.63, 3.8) is 0 Å². The predicted molar refractivity (Wildman–Crippen MR) is 460 cm³/mol. The summed E-state index contributed by atoms with van der Waals surface area (Å²) in [6.07, 6.45) is 17.7. The van der Waals surface area contributed by atoms with Crippen molar-refractivity contribution in [2.24, 2.45) is 0 Å². The first-order valence-corrected chi connectivity index (χ1v) is 44.3. The van der Waals surface area contributed by atoms with Gasteiger partial charge in [0.05, 0.1) is 18.8 Å². The van der Waals surface area contributed by atoms with Crippen LogP contribution in [-0.4, -0.2) is 163 Å². The van der Waals surface area contributed by atoms with Crippen LogP contribution >= 0.6 is 15.6 Å². The fraction of sp³-hybridized carbons (Fsp3) is 0.663. The van der Waals surface area contributed by atoms with E-state index >= 15 is 0 Å². The molecule has 0 aromatic carbocycles. The highest BCUT2D eigenvalue weighted by molar-refractivity contribution is 7.61. The SMILES string of the molecule is CC(=O)OC[C@H]1O[C@H](OP(=O)(O)OP(=O)(O)OC/C=C(/C)CC/C=C(/C)CC/C=C(/C)CC/C=C(/C)CC/C=C(/C)CC/C=C(/C)CC/C=C(/C)CC/C=C(\C)CC/C=C(\C)CC/C=C(\C)CCC=C(C)C)[C@H](OC(C)=O)[C@@H](O[C@@H]2O[C@@H](C)[C@H](OC(C)=O)[C@@H](O[C@@H]3O[C@@H](C)[C@H](OC(C)=O)[C@@H](OC(C)=O)[C@H]3OC(C)=O)[C@H]2OC(C)=O)[C@H]1OC(C)=O.N.N. The van der Waals surface area contributed by atoms with Crippen LogP contribution in [0.25, 0.3) is 0 Å². The Morgan fingerprint density at radius 3 is 0.843 bits per heavy atom. The number of rotatable bonds is 50. The van der Waals surface area contributed by atoms with Crippen LogP contribution in [0.15, 0.2) is 128 Å². The summed E-state index contributed by atoms with van der Waals surface area (Å²) in [6.45, 7) is 35.1. The molecule has 3 saturated heterocycles. The summed E-state index contributed by atoms with van der Waals surface area (Å²) in [5.74, 6) is -7.99. The van der Waals surface area contributed by atoms with Crippen molar-refractivity contribution in [3.05, 3.63) is 128 Å². The number of hydrogen-bond acceptors (Lipinski definition) is 28. The number of esters is 8. The molecule has 0 aromatic rings. The molecule has 688 valence electrons. The van der Waals surface area contributed by atoms with Crippen molar-refractivity contribution in [2.75, 3.05) is 13.2 Å². The van der Waals surface area contributed by atoms with Gasteiger partial charge in [0.1, 0.15) is 24.9 Å². The number of carbonyl (C=O) groups is 8. The van der Waals surface area contributed by atoms with Gasteiger partial charge in [-0.25, -0.2) is 9.13 Å². The lowest BCUT2D eigenvalue weighted by molar-refractivity contribution is -0.375. The number of carbonyl (C=O) groups excluding carboxylic acids is 8. The van der Waals surface area contributed by atoms with Gasteiger partial charge in [0.15, 0.2) is 55.3 Å². The van der Waals surface area contributed by atoms with E-state index in [0.717, 1.165) is 177 Å². The normalized spacial score (nSPS) is 25.2. The molecule has 0 saturated carbocycles. The topological polar surface area (TPSA) is 429 Å². The van der Waals surface area contributed by atoms with Crippen molar-refractivity contribution in [1.82, 2.24) is 12.3 Å². The van der Waals surface area contributed by atoms with Gasteiger partial charge >= 0.3 is 63.4 Å². The van der Waals surface area contributed by atoms with Gasteiger partial charge in [0.2, 0.25) is 6.29 Å². The number of hydrogen-bond donors (Lipinski definition) is 4. The second-order valence-electron chi connectivity index (χ2n) is 31.6. The van der Waals surface area contributed by atoms with Crippen molar-refractivity contribution >= 4 is 63.4 Å². The number of phosphoric ester groups is 2. The average Bonchev–Trinajstić information content (AvgIpc) is 0.763. The van der Waals surface area contributed by atoms with E-state index in [2.05, 4.69) is 137 Å². The highest BCUT2D eigenvalue weighted by Crippen LogP contribution is 2.61. The molecule has 0 amide bonds. The Morgan fingerprint density at radius 1 is 0.298 bits per heavy atom. The molecule has 0 aliphatic carbocycles. The third-order valence-electron chi connectivity index (χ3n) is 19.7. The summed E-state index contributed by atoms with van der Waals surface area (Å²) < 4.78 is 118. The molecule has 0 spiro atoms. The van der Waals surface area contributed by atoms with Crippen LogP contribution in [0.1, 0.15) is 281 Å². The van der Waals surface area contributed by atoms with Gasteiger partial charge in [0.25, 0.3) is 0 Å². The Labute approximate surface area is 718 Å². The lowest BCUT2D eigenvalue weighted by Gasteiger charge is -2.50. The Hall–Kier alpha value is -7.12. The molecular formula is C89H144N2O28P2. The van der Waals surface area contributed by atoms with E-state index in [-0.39, 0.29) is 12.3 Å². The highest BCUT2D eigenvalue weighted by Gasteiger charge is 2.60. The first-order chi connectivity index (χ1) is 55.8. The monoisotopic (exact) mass is 1750 g/mol. The molecule has 0 bridgehead atoms. The minimum atomic E-state index is -5.97. The standard InChI is InChI=1S/C89H138O28P2.2H3N/c1-56(2)33-23-34-57(3)35-24-36-58(4)37-25-38-59(5)39-26-40-60(6)41-27-42-61(7)43-28-44-62(8)45-29-46-63(9)47-30-48-64(10)49-31-50-65(11)51-32-52-66(12)53-54-103-118(98,99)117-119(100,101)116-89-86(112-76(22)97)83(80(108-72(18)93)77(113-89)55-102-69(15)90)115-88-85(111-75(21)96)82(79(68(14)105-88)107-71(17)92)114-87-84(110-74(20)95)81(109-73(19)94)78(67(13)104-87)106-70(16)91;;/h33,35,37,39,41,43,45,47,49,51,53,67-68,77-89H,23-32,34,36,38,40,42,44,46,48,50,52,54-55H2,1-22H3,(H,98,99)(H,100,101);2*1H3/b57-35+,58-37+,59-39+,60-41-,61-43-,62-45-,63-47-,64-49-,65-51-,66-53-;;/t67-,68-,77+,78-,79-,80-,81+,82+,83-,84+,85+,86+,87-,88-,89+;;/m0../s1. The predicted octanol–water partition coefficient (Wildman–Crippen LogP) is 18.9. The molecule has 3 heterocycles. The summed E-state index contributed by atoms with van der Waals surface area (Å²) in [6, 6.07) is 0. The van der Waals surface area contributed by atoms with Crippen molar-refractivity contribution in [3.8, 4) is 0 Å². The van der Waals surface area contributed by atoms with Crippen molar-refractivity contribution in [1.29, 1.82) is 0 Å². The van der Waals surface area contributed by atoms with E-state index in [9.17, 15) is 57.3 Å². The minimum Gasteiger partial charge on any atom is -0.463 e. The molecule has 0 aromatic heterocycles. The van der Waals surface area contributed by atoms with Gasteiger partial charge in [-0.1, -0.05) is 128 Å². The summed E-state index contributed by atoms with van der Waals surface area (Å²) in [4.78, 5) is 124. The maximum atomic E-state index is 14.0. The van der Waals surface area contributed by atoms with E-state index in [1.165, 1.54) is 75.7 Å². The first-order valence-electron chi connectivity index (χ1n) is 41.3. The lowest BCUT2D eigenvalue weighted by atomic mass is 9.95. The highest BCUT2D eigenvalue weighted by atomic mass is 31.3. The third kappa shape index (κ3) is 47.0. The van der Waals surface area contributed by atoms with Crippen LogP contribution in [0.2, 0.25) is 0 Å². The maximum Gasteiger partial charge on any atom is 0.483 e. The number of ether oxygens (including phenoxy) is 13. The van der Waals surface area contributed by atoms with Gasteiger partial charge in [0, 0.05) is 55.4 Å². The molecule has 30 nitrogen and oxygen atoms in total. The Morgan fingerprint density at radius 2 is 0.545 bits per heavy atom. The second-order valence-corrected chi connectivity index (χ2v) is 34.6. The third-order valence-corrected chi connectivity index (χ3v) is 22.3. The first kappa shape index (κ1) is 112. The molecular weight excluding hydrogens is 1610 g/mol. The molecule has 8 N–H and O–H groups in total. The smallest absolute Gasteiger partial charge is 0.463 e. The maximum absolute atomic E-state index is 14.0. The average molecular weight is 1750 g/mol. The molecule has 0 radical (unpaired) electrons. The molecule has 3 aliphatic heterocycles. The van der Waals surface area contributed by atoms with Crippen LogP contribution in [0.5, 0.6) is 0 Å². The summed E-state index contributed by atoms with van der Waals surface area (Å²) in [5.41, 5.74) is 14.8. The molecule has 3 rings (SSSR count). The zero-order valence-corrected chi connectivity index (χ0v) is 77.7. The van der Waals surface area contributed by atoms with E-state index in [4.69, 9.17) is 74.9 Å². The Bertz CT molecular complexity index is 3780. The van der Waals surface area contributed by atoms with Crippen molar-refractivity contribution < 1.29 is 132 Å². The van der Waals surface area contributed by atoms with E-state index in [0.29, 0.717) is 12.8 Å².